The van der Waals surface area contributed by atoms with Crippen LogP contribution in [0, 0.1) is 6.92 Å². The maximum atomic E-state index is 6.10. The van der Waals surface area contributed by atoms with Crippen molar-refractivity contribution in [2.75, 3.05) is 5.73 Å². The van der Waals surface area contributed by atoms with Crippen LogP contribution in [-0.2, 0) is 6.42 Å². The van der Waals surface area contributed by atoms with Gasteiger partial charge in [-0.1, -0.05) is 30.1 Å². The van der Waals surface area contributed by atoms with Crippen LogP contribution >= 0.6 is 23.2 Å². The van der Waals surface area contributed by atoms with E-state index >= 15 is 0 Å². The van der Waals surface area contributed by atoms with E-state index in [1.54, 1.807) is 12.1 Å². The molecule has 19 heavy (non-hydrogen) atoms. The second-order valence-corrected chi connectivity index (χ2v) is 4.98. The largest absolute Gasteiger partial charge is 0.452 e. The second kappa shape index (κ2) is 5.68. The molecule has 0 aliphatic rings. The van der Waals surface area contributed by atoms with Crippen LogP contribution in [0.25, 0.3) is 0 Å². The Balaban J connectivity index is 2.42. The lowest BCUT2D eigenvalue weighted by atomic mass is 10.2. The number of aryl methyl sites for hydroxylation is 2. The lowest BCUT2D eigenvalue weighted by Crippen LogP contribution is -1.97. The van der Waals surface area contributed by atoms with Crippen molar-refractivity contribution in [3.8, 4) is 11.5 Å². The predicted molar refractivity (Wildman–Crippen MR) is 79.3 cm³/mol. The van der Waals surface area contributed by atoms with Gasteiger partial charge in [0.1, 0.15) is 5.75 Å². The molecule has 2 rings (SSSR count). The van der Waals surface area contributed by atoms with Crippen molar-refractivity contribution >= 4 is 28.9 Å². The minimum atomic E-state index is 0.382. The average Bonchev–Trinajstić information content (AvgIpc) is 2.35. The Labute approximate surface area is 122 Å². The molecule has 0 saturated carbocycles. The van der Waals surface area contributed by atoms with E-state index in [-0.39, 0.29) is 0 Å². The summed E-state index contributed by atoms with van der Waals surface area (Å²) in [4.78, 5) is 4.43. The van der Waals surface area contributed by atoms with Gasteiger partial charge >= 0.3 is 0 Å². The Morgan fingerprint density at radius 2 is 1.84 bits per heavy atom. The first-order valence-corrected chi connectivity index (χ1v) is 6.65. The highest BCUT2D eigenvalue weighted by Gasteiger charge is 2.12. The number of aromatic nitrogens is 1. The smallest absolute Gasteiger partial charge is 0.164 e. The second-order valence-electron chi connectivity index (χ2n) is 4.17. The molecule has 3 nitrogen and oxygen atoms in total. The zero-order chi connectivity index (χ0) is 14.0. The summed E-state index contributed by atoms with van der Waals surface area (Å²) in [5.74, 6) is 1.06. The number of hydrogen-bond donors (Lipinski definition) is 1. The number of rotatable bonds is 3. The number of halogens is 2. The first kappa shape index (κ1) is 14.0. The number of hydrogen-bond acceptors (Lipinski definition) is 3. The van der Waals surface area contributed by atoms with E-state index in [4.69, 9.17) is 33.7 Å². The fraction of sp³-hybridized carbons (Fsp3) is 0.214. The minimum Gasteiger partial charge on any atom is -0.452 e. The van der Waals surface area contributed by atoms with Gasteiger partial charge in [-0.05, 0) is 37.6 Å². The van der Waals surface area contributed by atoms with Crippen LogP contribution in [0.2, 0.25) is 10.0 Å². The van der Waals surface area contributed by atoms with Crippen LogP contribution in [0.4, 0.5) is 5.69 Å². The van der Waals surface area contributed by atoms with Gasteiger partial charge in [0.2, 0.25) is 0 Å². The maximum Gasteiger partial charge on any atom is 0.164 e. The maximum absolute atomic E-state index is 6.10. The highest BCUT2D eigenvalue weighted by molar-refractivity contribution is 6.37. The normalized spacial score (nSPS) is 10.5. The molecule has 100 valence electrons. The third-order valence-electron chi connectivity index (χ3n) is 2.64. The van der Waals surface area contributed by atoms with Crippen molar-refractivity contribution < 1.29 is 4.74 Å². The lowest BCUT2D eigenvalue weighted by molar-refractivity contribution is 0.473. The van der Waals surface area contributed by atoms with Crippen molar-refractivity contribution in [1.82, 2.24) is 4.98 Å². The van der Waals surface area contributed by atoms with Gasteiger partial charge in [-0.25, -0.2) is 0 Å². The number of pyridine rings is 1. The van der Waals surface area contributed by atoms with Gasteiger partial charge < -0.3 is 10.5 Å². The number of anilines is 1. The number of benzene rings is 1. The number of nitrogens with two attached hydrogens (primary N) is 1. The molecule has 0 amide bonds. The van der Waals surface area contributed by atoms with Crippen LogP contribution in [0.15, 0.2) is 24.3 Å². The van der Waals surface area contributed by atoms with Gasteiger partial charge in [0, 0.05) is 11.4 Å². The highest BCUT2D eigenvalue weighted by Crippen LogP contribution is 2.38. The molecule has 0 saturated heterocycles. The van der Waals surface area contributed by atoms with Crippen LogP contribution < -0.4 is 10.5 Å². The van der Waals surface area contributed by atoms with Crippen LogP contribution in [0.3, 0.4) is 0 Å². The van der Waals surface area contributed by atoms with Gasteiger partial charge in [-0.15, -0.1) is 0 Å². The van der Waals surface area contributed by atoms with Crippen LogP contribution in [-0.4, -0.2) is 4.98 Å². The lowest BCUT2D eigenvalue weighted by Gasteiger charge is -2.13. The molecular weight excluding hydrogens is 283 g/mol. The van der Waals surface area contributed by atoms with Crippen molar-refractivity contribution in [2.24, 2.45) is 0 Å². The zero-order valence-corrected chi connectivity index (χ0v) is 12.2. The van der Waals surface area contributed by atoms with E-state index in [0.717, 1.165) is 17.8 Å². The average molecular weight is 297 g/mol. The molecule has 0 aliphatic carbocycles. The molecule has 0 aliphatic heterocycles. The quantitative estimate of drug-likeness (QED) is 0.840. The molecule has 1 heterocycles. The number of nitrogens with zero attached hydrogens (tertiary/aromatic N) is 1. The van der Waals surface area contributed by atoms with Crippen molar-refractivity contribution in [3.63, 3.8) is 0 Å². The Kier molecular flexibility index (Phi) is 4.17. The van der Waals surface area contributed by atoms with Gasteiger partial charge in [0.25, 0.3) is 0 Å². The summed E-state index contributed by atoms with van der Waals surface area (Å²) in [7, 11) is 0. The third kappa shape index (κ3) is 3.11. The van der Waals surface area contributed by atoms with E-state index in [0.29, 0.717) is 27.2 Å². The van der Waals surface area contributed by atoms with Crippen LogP contribution in [0.1, 0.15) is 18.3 Å². The predicted octanol–water partition coefficient (Wildman–Crippen LogP) is 4.63. The molecule has 0 spiro atoms. The molecule has 5 heteroatoms. The van der Waals surface area contributed by atoms with E-state index in [1.165, 1.54) is 0 Å². The fourth-order valence-corrected chi connectivity index (χ4v) is 2.31. The summed E-state index contributed by atoms with van der Waals surface area (Å²) in [5, 5.41) is 0.764. The first-order valence-electron chi connectivity index (χ1n) is 5.90. The standard InChI is InChI=1S/C14H14Cl2N2O/c1-3-12-13(5-4-8(2)18-12)19-14-10(15)6-9(17)7-11(14)16/h4-7H,3,17H2,1-2H3. The Morgan fingerprint density at radius 3 is 2.42 bits per heavy atom. The van der Waals surface area contributed by atoms with E-state index in [9.17, 15) is 0 Å². The molecule has 0 atom stereocenters. The van der Waals surface area contributed by atoms with Gasteiger partial charge in [0.05, 0.1) is 15.7 Å². The molecule has 2 aromatic rings. The molecule has 0 radical (unpaired) electrons. The van der Waals surface area contributed by atoms with E-state index < -0.39 is 0 Å². The van der Waals surface area contributed by atoms with Crippen molar-refractivity contribution in [2.45, 2.75) is 20.3 Å². The van der Waals surface area contributed by atoms with Crippen molar-refractivity contribution in [1.29, 1.82) is 0 Å². The molecule has 0 bridgehead atoms. The first-order chi connectivity index (χ1) is 9.01. The SMILES string of the molecule is CCc1nc(C)ccc1Oc1c(Cl)cc(N)cc1Cl. The number of nitrogen functional groups attached to an aromatic ring is 1. The summed E-state index contributed by atoms with van der Waals surface area (Å²) in [5.41, 5.74) is 7.97. The molecule has 2 N–H and O–H groups in total. The Bertz CT molecular complexity index is 591. The number of ether oxygens (including phenoxy) is 1. The molecule has 1 aromatic heterocycles. The minimum absolute atomic E-state index is 0.382. The van der Waals surface area contributed by atoms with Gasteiger partial charge in [0.15, 0.2) is 5.75 Å². The Morgan fingerprint density at radius 1 is 1.21 bits per heavy atom. The Hall–Kier alpha value is -1.45. The third-order valence-corrected chi connectivity index (χ3v) is 3.20. The zero-order valence-electron chi connectivity index (χ0n) is 10.7. The summed E-state index contributed by atoms with van der Waals surface area (Å²) in [6, 6.07) is 6.96. The van der Waals surface area contributed by atoms with Gasteiger partial charge in [-0.2, -0.15) is 0 Å². The summed E-state index contributed by atoms with van der Waals surface area (Å²) >= 11 is 12.2. The molecule has 0 unspecified atom stereocenters. The summed E-state index contributed by atoms with van der Waals surface area (Å²) in [6.45, 7) is 3.95. The fourth-order valence-electron chi connectivity index (χ4n) is 1.73. The monoisotopic (exact) mass is 296 g/mol. The molecule has 0 fully saturated rings. The summed E-state index contributed by atoms with van der Waals surface area (Å²) in [6.07, 6.45) is 0.765. The van der Waals surface area contributed by atoms with Gasteiger partial charge in [-0.3, -0.25) is 4.98 Å². The van der Waals surface area contributed by atoms with E-state index in [1.807, 2.05) is 26.0 Å². The van der Waals surface area contributed by atoms with E-state index in [2.05, 4.69) is 4.98 Å². The summed E-state index contributed by atoms with van der Waals surface area (Å²) < 4.78 is 5.79. The molecule has 1 aromatic carbocycles. The topological polar surface area (TPSA) is 48.1 Å². The molecular formula is C14H14Cl2N2O. The van der Waals surface area contributed by atoms with Crippen molar-refractivity contribution in [3.05, 3.63) is 45.7 Å². The highest BCUT2D eigenvalue weighted by atomic mass is 35.5. The van der Waals surface area contributed by atoms with Crippen LogP contribution in [0.5, 0.6) is 11.5 Å².